The molecule has 1 saturated carbocycles. The van der Waals surface area contributed by atoms with Crippen molar-refractivity contribution in [3.8, 4) is 0 Å². The lowest BCUT2D eigenvalue weighted by Gasteiger charge is -2.20. The molecule has 0 spiro atoms. The number of hydrogen-bond donors (Lipinski definition) is 1. The minimum Gasteiger partial charge on any atom is -0.334 e. The van der Waals surface area contributed by atoms with E-state index < -0.39 is 10.0 Å². The fourth-order valence-electron chi connectivity index (χ4n) is 2.58. The van der Waals surface area contributed by atoms with E-state index in [1.165, 1.54) is 6.42 Å². The van der Waals surface area contributed by atoms with E-state index >= 15 is 0 Å². The molecular formula is C13H22BrN3O2S. The van der Waals surface area contributed by atoms with Gasteiger partial charge < -0.3 is 4.57 Å². The van der Waals surface area contributed by atoms with Gasteiger partial charge in [0.05, 0.1) is 0 Å². The highest BCUT2D eigenvalue weighted by molar-refractivity contribution is 9.09. The van der Waals surface area contributed by atoms with Gasteiger partial charge in [-0.25, -0.2) is 18.1 Å². The monoisotopic (exact) mass is 363 g/mol. The van der Waals surface area contributed by atoms with Gasteiger partial charge in [-0.3, -0.25) is 0 Å². The first-order chi connectivity index (χ1) is 9.44. The van der Waals surface area contributed by atoms with Crippen LogP contribution in [-0.4, -0.2) is 28.8 Å². The zero-order valence-corrected chi connectivity index (χ0v) is 14.4. The van der Waals surface area contributed by atoms with Crippen molar-refractivity contribution in [2.45, 2.75) is 68.4 Å². The maximum Gasteiger partial charge on any atom is 0.259 e. The molecule has 114 valence electrons. The van der Waals surface area contributed by atoms with Crippen LogP contribution in [0.2, 0.25) is 0 Å². The maximum atomic E-state index is 12.4. The minimum absolute atomic E-state index is 0.0467. The molecule has 1 aliphatic rings. The van der Waals surface area contributed by atoms with E-state index in [1.807, 2.05) is 18.4 Å². The summed E-state index contributed by atoms with van der Waals surface area (Å²) in [5.74, 6) is 0.726. The first-order valence-electron chi connectivity index (χ1n) is 7.14. The molecular weight excluding hydrogens is 342 g/mol. The minimum atomic E-state index is -3.53. The van der Waals surface area contributed by atoms with Crippen LogP contribution in [-0.2, 0) is 16.6 Å². The molecule has 7 heteroatoms. The first-order valence-corrected chi connectivity index (χ1v) is 9.54. The largest absolute Gasteiger partial charge is 0.334 e. The normalized spacial score (nSPS) is 24.6. The first kappa shape index (κ1) is 16.0. The van der Waals surface area contributed by atoms with Crippen LogP contribution in [0.25, 0.3) is 0 Å². The molecule has 1 aromatic heterocycles. The average molecular weight is 364 g/mol. The van der Waals surface area contributed by atoms with Gasteiger partial charge in [-0.05, 0) is 26.7 Å². The summed E-state index contributed by atoms with van der Waals surface area (Å²) in [4.78, 5) is 4.37. The molecule has 1 heterocycles. The van der Waals surface area contributed by atoms with Gasteiger partial charge in [0.2, 0.25) is 0 Å². The molecule has 0 saturated heterocycles. The quantitative estimate of drug-likeness (QED) is 0.660. The lowest BCUT2D eigenvalue weighted by Crippen LogP contribution is -2.40. The van der Waals surface area contributed by atoms with Crippen molar-refractivity contribution in [3.63, 3.8) is 0 Å². The second kappa shape index (κ2) is 6.58. The van der Waals surface area contributed by atoms with E-state index in [0.717, 1.165) is 38.1 Å². The predicted octanol–water partition coefficient (Wildman–Crippen LogP) is 2.59. The number of nitrogens with zero attached hydrogens (tertiary/aromatic N) is 2. The van der Waals surface area contributed by atoms with Gasteiger partial charge in [0, 0.05) is 23.6 Å². The predicted molar refractivity (Wildman–Crippen MR) is 82.5 cm³/mol. The van der Waals surface area contributed by atoms with Gasteiger partial charge >= 0.3 is 0 Å². The van der Waals surface area contributed by atoms with E-state index in [4.69, 9.17) is 0 Å². The highest BCUT2D eigenvalue weighted by Gasteiger charge is 2.28. The standard InChI is InChI=1S/C13H22BrN3O2S/c1-3-17-9-13(15-10(17)2)20(18,19)16-12-8-6-4-5-7-11(12)14/h9,11-12,16H,3-8H2,1-2H3. The molecule has 1 N–H and O–H groups in total. The summed E-state index contributed by atoms with van der Waals surface area (Å²) in [5.41, 5.74) is 0. The lowest BCUT2D eigenvalue weighted by molar-refractivity contribution is 0.519. The van der Waals surface area contributed by atoms with Crippen LogP contribution in [0.3, 0.4) is 0 Å². The molecule has 20 heavy (non-hydrogen) atoms. The molecule has 1 aliphatic carbocycles. The van der Waals surface area contributed by atoms with Crippen LogP contribution >= 0.6 is 15.9 Å². The number of hydrogen-bond acceptors (Lipinski definition) is 3. The van der Waals surface area contributed by atoms with Crippen molar-refractivity contribution >= 4 is 26.0 Å². The van der Waals surface area contributed by atoms with E-state index in [0.29, 0.717) is 0 Å². The van der Waals surface area contributed by atoms with Crippen LogP contribution in [0.15, 0.2) is 11.2 Å². The number of nitrogens with one attached hydrogen (secondary N) is 1. The number of aromatic nitrogens is 2. The smallest absolute Gasteiger partial charge is 0.259 e. The highest BCUT2D eigenvalue weighted by Crippen LogP contribution is 2.25. The summed E-state index contributed by atoms with van der Waals surface area (Å²) in [5, 5.41) is 0.126. The molecule has 2 rings (SSSR count). The Labute approximate surface area is 129 Å². The van der Waals surface area contributed by atoms with Crippen molar-refractivity contribution in [2.24, 2.45) is 0 Å². The second-order valence-corrected chi connectivity index (χ2v) is 8.13. The molecule has 0 amide bonds. The SMILES string of the molecule is CCn1cc(S(=O)(=O)NC2CCCCCC2Br)nc1C. The summed E-state index contributed by atoms with van der Waals surface area (Å²) in [6.45, 7) is 4.51. The molecule has 2 atom stereocenters. The summed E-state index contributed by atoms with van der Waals surface area (Å²) < 4.78 is 29.5. The van der Waals surface area contributed by atoms with E-state index in [1.54, 1.807) is 6.20 Å². The van der Waals surface area contributed by atoms with Crippen LogP contribution in [0, 0.1) is 6.92 Å². The van der Waals surface area contributed by atoms with Gasteiger partial charge in [-0.15, -0.1) is 0 Å². The third kappa shape index (κ3) is 3.62. The van der Waals surface area contributed by atoms with Crippen LogP contribution < -0.4 is 4.72 Å². The number of imidazole rings is 1. The lowest BCUT2D eigenvalue weighted by atomic mass is 10.1. The Kier molecular flexibility index (Phi) is 5.25. The number of rotatable bonds is 4. The fourth-order valence-corrected chi connectivity index (χ4v) is 4.80. The molecule has 5 nitrogen and oxygen atoms in total. The highest BCUT2D eigenvalue weighted by atomic mass is 79.9. The number of halogens is 1. The van der Waals surface area contributed by atoms with Crippen LogP contribution in [0.1, 0.15) is 44.9 Å². The van der Waals surface area contributed by atoms with Crippen molar-refractivity contribution in [1.82, 2.24) is 14.3 Å². The summed E-state index contributed by atoms with van der Waals surface area (Å²) in [6, 6.07) is -0.0467. The van der Waals surface area contributed by atoms with E-state index in [2.05, 4.69) is 25.6 Å². The van der Waals surface area contributed by atoms with Crippen LogP contribution in [0.4, 0.5) is 0 Å². The fraction of sp³-hybridized carbons (Fsp3) is 0.769. The third-order valence-electron chi connectivity index (χ3n) is 3.81. The molecule has 0 aliphatic heterocycles. The summed E-state index contributed by atoms with van der Waals surface area (Å²) >= 11 is 3.61. The number of aryl methyl sites for hydroxylation is 2. The van der Waals surface area contributed by atoms with E-state index in [9.17, 15) is 8.42 Å². The summed E-state index contributed by atoms with van der Waals surface area (Å²) in [6.07, 6.45) is 6.88. The molecule has 2 unspecified atom stereocenters. The van der Waals surface area contributed by atoms with Gasteiger partial charge in [0.15, 0.2) is 5.03 Å². The number of alkyl halides is 1. The average Bonchev–Trinajstić information content (AvgIpc) is 2.67. The number of sulfonamides is 1. The van der Waals surface area contributed by atoms with Crippen molar-refractivity contribution in [2.75, 3.05) is 0 Å². The Hall–Kier alpha value is -0.400. The molecule has 1 aromatic rings. The topological polar surface area (TPSA) is 64.0 Å². The van der Waals surface area contributed by atoms with E-state index in [-0.39, 0.29) is 15.9 Å². The van der Waals surface area contributed by atoms with Crippen molar-refractivity contribution in [1.29, 1.82) is 0 Å². The zero-order valence-electron chi connectivity index (χ0n) is 12.0. The molecule has 0 radical (unpaired) electrons. The maximum absolute atomic E-state index is 12.4. The Balaban J connectivity index is 2.17. The van der Waals surface area contributed by atoms with Gasteiger partial charge in [-0.1, -0.05) is 35.2 Å². The molecule has 1 fully saturated rings. The Bertz CT molecular complexity index is 556. The zero-order chi connectivity index (χ0) is 14.8. The second-order valence-electron chi connectivity index (χ2n) is 5.29. The summed E-state index contributed by atoms with van der Waals surface area (Å²) in [7, 11) is -3.53. The Morgan fingerprint density at radius 2 is 2.10 bits per heavy atom. The van der Waals surface area contributed by atoms with Crippen LogP contribution in [0.5, 0.6) is 0 Å². The van der Waals surface area contributed by atoms with Gasteiger partial charge in [0.25, 0.3) is 10.0 Å². The van der Waals surface area contributed by atoms with Crippen molar-refractivity contribution < 1.29 is 8.42 Å². The van der Waals surface area contributed by atoms with Gasteiger partial charge in [-0.2, -0.15) is 0 Å². The molecule has 0 bridgehead atoms. The Morgan fingerprint density at radius 1 is 1.40 bits per heavy atom. The third-order valence-corrected chi connectivity index (χ3v) is 6.26. The van der Waals surface area contributed by atoms with Gasteiger partial charge in [0.1, 0.15) is 5.82 Å². The molecule has 0 aromatic carbocycles. The Morgan fingerprint density at radius 3 is 2.75 bits per heavy atom. The van der Waals surface area contributed by atoms with Crippen molar-refractivity contribution in [3.05, 3.63) is 12.0 Å².